The fourth-order valence-electron chi connectivity index (χ4n) is 2.04. The summed E-state index contributed by atoms with van der Waals surface area (Å²) in [6.07, 6.45) is 0.415. The van der Waals surface area contributed by atoms with Gasteiger partial charge in [-0.3, -0.25) is 19.2 Å². The molecule has 0 aliphatic heterocycles. The summed E-state index contributed by atoms with van der Waals surface area (Å²) in [5, 5.41) is 7.43. The molecule has 0 saturated heterocycles. The summed E-state index contributed by atoms with van der Waals surface area (Å²) < 4.78 is 10.3. The Labute approximate surface area is 248 Å². The third-order valence-electron chi connectivity index (χ3n) is 3.44. The first-order valence-corrected chi connectivity index (χ1v) is 14.2. The predicted octanol–water partition coefficient (Wildman–Crippen LogP) is -3.83. The molecule has 16 heteroatoms. The van der Waals surface area contributed by atoms with Crippen molar-refractivity contribution in [1.82, 2.24) is 16.0 Å². The van der Waals surface area contributed by atoms with E-state index in [1.165, 1.54) is 0 Å². The van der Waals surface area contributed by atoms with Crippen LogP contribution in [-0.4, -0.2) is 87.9 Å². The molecule has 0 aliphatic rings. The Bertz CT molecular complexity index is 611. The van der Waals surface area contributed by atoms with Gasteiger partial charge >= 0.3 is 51.4 Å². The molecule has 0 bridgehead atoms. The van der Waals surface area contributed by atoms with Crippen LogP contribution in [0.4, 0.5) is 0 Å². The van der Waals surface area contributed by atoms with E-state index in [1.54, 1.807) is 13.8 Å². The molecular weight excluding hydrogens is 599 g/mol. The van der Waals surface area contributed by atoms with Crippen LogP contribution in [0, 0.1) is 0 Å². The minimum Gasteiger partial charge on any atom is -0.388 e. The minimum atomic E-state index is -1.03. The maximum atomic E-state index is 12.4. The van der Waals surface area contributed by atoms with E-state index in [1.807, 2.05) is 22.0 Å². The summed E-state index contributed by atoms with van der Waals surface area (Å²) in [5.41, 5.74) is 4.98. The molecule has 2 unspecified atom stereocenters. The van der Waals surface area contributed by atoms with Gasteiger partial charge in [0, 0.05) is 25.0 Å². The molecule has 32 heavy (non-hydrogen) atoms. The van der Waals surface area contributed by atoms with E-state index in [9.17, 15) is 24.0 Å². The van der Waals surface area contributed by atoms with Gasteiger partial charge in [-0.05, 0) is 6.42 Å². The Morgan fingerprint density at radius 2 is 1.75 bits per heavy atom. The molecule has 0 fully saturated rings. The Balaban J connectivity index is 0. The van der Waals surface area contributed by atoms with Crippen molar-refractivity contribution in [3.05, 3.63) is 0 Å². The van der Waals surface area contributed by atoms with Crippen LogP contribution in [0.3, 0.4) is 0 Å². The molecule has 2 atom stereocenters. The molecule has 5 N–H and O–H groups in total. The van der Waals surface area contributed by atoms with Crippen LogP contribution in [0.2, 0.25) is 6.82 Å². The van der Waals surface area contributed by atoms with Crippen molar-refractivity contribution in [2.45, 2.75) is 25.7 Å². The van der Waals surface area contributed by atoms with Gasteiger partial charge < -0.3 is 64.2 Å². The molecule has 0 aromatic heterocycles. The maximum Gasteiger partial charge on any atom is 1.00 e. The molecule has 0 aliphatic carbocycles. The van der Waals surface area contributed by atoms with Crippen LogP contribution in [0.15, 0.2) is 0 Å². The van der Waals surface area contributed by atoms with Crippen LogP contribution in [0.25, 0.3) is 0 Å². The Kier molecular flexibility index (Phi) is 25.9. The zero-order valence-electron chi connectivity index (χ0n) is 18.3. The second kappa shape index (κ2) is 23.7. The second-order valence-corrected chi connectivity index (χ2v) is 9.48. The minimum absolute atomic E-state index is 0. The monoisotopic (exact) mass is 627 g/mol. The first kappa shape index (κ1) is 35.1. The van der Waals surface area contributed by atoms with Crippen molar-refractivity contribution in [2.24, 2.45) is 5.73 Å². The van der Waals surface area contributed by atoms with Crippen molar-refractivity contribution in [3.63, 3.8) is 0 Å². The molecule has 0 rings (SSSR count). The number of nitrogens with one attached hydrogen (secondary N) is 3. The summed E-state index contributed by atoms with van der Waals surface area (Å²) >= 11 is 1.87. The van der Waals surface area contributed by atoms with Crippen molar-refractivity contribution in [2.75, 3.05) is 46.1 Å². The Hall–Kier alpha value is 0.921. The summed E-state index contributed by atoms with van der Waals surface area (Å²) in [6.45, 7) is 4.10. The van der Waals surface area contributed by atoms with Crippen LogP contribution in [0.1, 0.15) is 12.8 Å². The van der Waals surface area contributed by atoms with E-state index < -0.39 is 23.8 Å². The summed E-state index contributed by atoms with van der Waals surface area (Å²) in [4.78, 5) is 59.3. The first-order chi connectivity index (χ1) is 14.8. The third kappa shape index (κ3) is 20.3. The van der Waals surface area contributed by atoms with Gasteiger partial charge in [0.25, 0.3) is 0 Å². The van der Waals surface area contributed by atoms with Crippen molar-refractivity contribution >= 4 is 72.5 Å². The van der Waals surface area contributed by atoms with Gasteiger partial charge in [-0.15, -0.1) is 0 Å². The Morgan fingerprint density at radius 1 is 1.06 bits per heavy atom. The number of carbonyl (C=O) groups excluding carboxylic acids is 5. The third-order valence-corrected chi connectivity index (χ3v) is 6.19. The molecule has 175 valence electrons. The average Bonchev–Trinajstić information content (AvgIpc) is 2.75. The molecule has 0 aromatic carbocycles. The second-order valence-electron chi connectivity index (χ2n) is 5.94. The number of rotatable bonds is 19. The topological polar surface area (TPSA) is 166 Å². The number of nitrogens with two attached hydrogens (primary N) is 1. The molecule has 1 radical (unpaired) electrons. The van der Waals surface area contributed by atoms with E-state index in [0.717, 1.165) is 0 Å². The van der Waals surface area contributed by atoms with Crippen LogP contribution >= 0.6 is 36.7 Å². The summed E-state index contributed by atoms with van der Waals surface area (Å²) in [5.74, 6) is -1.55. The molecule has 0 heterocycles. The van der Waals surface area contributed by atoms with Crippen LogP contribution in [-0.2, 0) is 33.4 Å². The molecule has 0 spiro atoms. The van der Waals surface area contributed by atoms with Crippen molar-refractivity contribution < 1.29 is 84.8 Å². The number of amides is 3. The van der Waals surface area contributed by atoms with E-state index in [2.05, 4.69) is 16.0 Å². The van der Waals surface area contributed by atoms with Gasteiger partial charge in [0.05, 0.1) is 26.4 Å². The number of hydrogen-bond donors (Lipinski definition) is 4. The van der Waals surface area contributed by atoms with Gasteiger partial charge in [-0.2, -0.15) is 0 Å². The fourth-order valence-corrected chi connectivity index (χ4v) is 3.21. The first-order valence-electron chi connectivity index (χ1n) is 9.45. The zero-order chi connectivity index (χ0) is 23.5. The average molecular weight is 627 g/mol. The molecule has 11 nitrogen and oxygen atoms in total. The van der Waals surface area contributed by atoms with E-state index in [-0.39, 0.29) is 117 Å². The van der Waals surface area contributed by atoms with Crippen molar-refractivity contribution in [1.29, 1.82) is 0 Å². The standard InChI is InChI=1S/C16H28BIN4O7P2.K/c1-17-30-14(25)8-21-16(27)11(2-3-12(23)20-9-15(26)31-18)22-13(24)10-29-7-6-28-5-4-19;/h11,30H,2-10,19H2,1H3,(H,20,23)(H,21,27)(H,22,24);/q-1;+1. The predicted molar refractivity (Wildman–Crippen MR) is 129 cm³/mol. The van der Waals surface area contributed by atoms with Crippen LogP contribution < -0.4 is 73.1 Å². The molecule has 3 amide bonds. The largest absolute Gasteiger partial charge is 1.00 e. The van der Waals surface area contributed by atoms with Gasteiger partial charge in [0.15, 0.2) is 5.52 Å². The van der Waals surface area contributed by atoms with Gasteiger partial charge in [-0.25, -0.2) is 0 Å². The normalized spacial score (nSPS) is 11.7. The van der Waals surface area contributed by atoms with Crippen LogP contribution in [0.5, 0.6) is 0 Å². The number of hydrogen-bond acceptors (Lipinski definition) is 8. The van der Waals surface area contributed by atoms with E-state index in [0.29, 0.717) is 19.4 Å². The molecule has 0 aromatic rings. The quantitative estimate of drug-likeness (QED) is 0.0490. The smallest absolute Gasteiger partial charge is 0.388 e. The summed E-state index contributed by atoms with van der Waals surface area (Å²) in [6, 6.07) is -1.03. The van der Waals surface area contributed by atoms with E-state index >= 15 is 0 Å². The molecule has 0 saturated carbocycles. The van der Waals surface area contributed by atoms with E-state index in [4.69, 9.17) is 15.2 Å². The number of carbonyl (C=O) groups is 5. The number of halogens is 1. The summed E-state index contributed by atoms with van der Waals surface area (Å²) in [7, 11) is -0.0319. The Morgan fingerprint density at radius 3 is 2.38 bits per heavy atom. The van der Waals surface area contributed by atoms with Gasteiger partial charge in [0.2, 0.25) is 17.7 Å². The van der Waals surface area contributed by atoms with Crippen molar-refractivity contribution in [3.8, 4) is 0 Å². The molecular formula is C16H28BIKN4O7P2. The zero-order valence-corrected chi connectivity index (χ0v) is 25.5. The maximum absolute atomic E-state index is 12.4. The SMILES string of the molecule is C[B]PC(=O)CNC(=O)C(CCC(=O)NCC(=O)[P-]I)NC(=O)COCCOCCN.[K+]. The van der Waals surface area contributed by atoms with Gasteiger partial charge in [-0.1, -0.05) is 15.3 Å². The van der Waals surface area contributed by atoms with Gasteiger partial charge in [0.1, 0.15) is 19.6 Å². The number of ether oxygens (including phenoxy) is 2. The fraction of sp³-hybridized carbons (Fsp3) is 0.688.